The molecule has 0 heterocycles. The van der Waals surface area contributed by atoms with Crippen LogP contribution < -0.4 is 0 Å². The first-order valence-electron chi connectivity index (χ1n) is 4.81. The van der Waals surface area contributed by atoms with Crippen LogP contribution in [0.25, 0.3) is 0 Å². The van der Waals surface area contributed by atoms with Gasteiger partial charge in [0.1, 0.15) is 11.6 Å². The van der Waals surface area contributed by atoms with E-state index >= 15 is 0 Å². The van der Waals surface area contributed by atoms with E-state index in [1.807, 2.05) is 0 Å². The third kappa shape index (κ3) is 2.10. The van der Waals surface area contributed by atoms with Crippen molar-refractivity contribution in [3.05, 3.63) is 35.4 Å². The average molecular weight is 198 g/mol. The molecule has 0 radical (unpaired) electrons. The summed E-state index contributed by atoms with van der Waals surface area (Å²) in [6.45, 7) is 0.247. The SMILES string of the molecule is Fc1ccc(COC2CCC2)c(F)c1. The van der Waals surface area contributed by atoms with Crippen LogP contribution in [0.1, 0.15) is 24.8 Å². The van der Waals surface area contributed by atoms with E-state index < -0.39 is 11.6 Å². The maximum atomic E-state index is 13.1. The van der Waals surface area contributed by atoms with Gasteiger partial charge in [0.2, 0.25) is 0 Å². The minimum atomic E-state index is -0.546. The van der Waals surface area contributed by atoms with Gasteiger partial charge in [0.05, 0.1) is 12.7 Å². The highest BCUT2D eigenvalue weighted by atomic mass is 19.1. The Morgan fingerprint density at radius 3 is 2.64 bits per heavy atom. The highest BCUT2D eigenvalue weighted by Crippen LogP contribution is 2.23. The van der Waals surface area contributed by atoms with E-state index in [0.717, 1.165) is 18.9 Å². The molecule has 76 valence electrons. The number of hydrogen-bond acceptors (Lipinski definition) is 1. The van der Waals surface area contributed by atoms with Gasteiger partial charge in [-0.1, -0.05) is 6.07 Å². The van der Waals surface area contributed by atoms with Gasteiger partial charge in [0, 0.05) is 11.6 Å². The quantitative estimate of drug-likeness (QED) is 0.725. The molecule has 0 saturated heterocycles. The minimum absolute atomic E-state index is 0.247. The maximum Gasteiger partial charge on any atom is 0.131 e. The van der Waals surface area contributed by atoms with Crippen LogP contribution in [0.5, 0.6) is 0 Å². The van der Waals surface area contributed by atoms with Crippen LogP contribution in [-0.4, -0.2) is 6.10 Å². The van der Waals surface area contributed by atoms with Crippen LogP contribution >= 0.6 is 0 Å². The molecule has 0 aliphatic heterocycles. The Labute approximate surface area is 81.7 Å². The van der Waals surface area contributed by atoms with Crippen molar-refractivity contribution in [1.82, 2.24) is 0 Å². The molecular formula is C11H12F2O. The van der Waals surface area contributed by atoms with Crippen LogP contribution in [0.15, 0.2) is 18.2 Å². The van der Waals surface area contributed by atoms with E-state index in [1.54, 1.807) is 0 Å². The summed E-state index contributed by atoms with van der Waals surface area (Å²) in [5.74, 6) is -1.07. The summed E-state index contributed by atoms with van der Waals surface area (Å²) in [7, 11) is 0. The maximum absolute atomic E-state index is 13.1. The van der Waals surface area contributed by atoms with Crippen molar-refractivity contribution >= 4 is 0 Å². The second kappa shape index (κ2) is 4.05. The van der Waals surface area contributed by atoms with Gasteiger partial charge in [-0.2, -0.15) is 0 Å². The first kappa shape index (κ1) is 9.59. The molecule has 1 aliphatic rings. The Balaban J connectivity index is 1.94. The Hall–Kier alpha value is -0.960. The fourth-order valence-electron chi connectivity index (χ4n) is 1.38. The molecule has 1 aromatic rings. The molecule has 0 spiro atoms. The van der Waals surface area contributed by atoms with Gasteiger partial charge < -0.3 is 4.74 Å². The zero-order valence-corrected chi connectivity index (χ0v) is 7.80. The lowest BCUT2D eigenvalue weighted by Crippen LogP contribution is -2.21. The highest BCUT2D eigenvalue weighted by Gasteiger charge is 2.18. The second-order valence-electron chi connectivity index (χ2n) is 3.60. The number of benzene rings is 1. The van der Waals surface area contributed by atoms with Gasteiger partial charge in [0.25, 0.3) is 0 Å². The van der Waals surface area contributed by atoms with Crippen molar-refractivity contribution in [2.75, 3.05) is 0 Å². The van der Waals surface area contributed by atoms with Crippen molar-refractivity contribution in [3.63, 3.8) is 0 Å². The fraction of sp³-hybridized carbons (Fsp3) is 0.455. The number of ether oxygens (including phenoxy) is 1. The van der Waals surface area contributed by atoms with Gasteiger partial charge in [-0.25, -0.2) is 8.78 Å². The van der Waals surface area contributed by atoms with E-state index in [-0.39, 0.29) is 12.7 Å². The normalized spacial score (nSPS) is 16.7. The van der Waals surface area contributed by atoms with Crippen LogP contribution in [0, 0.1) is 11.6 Å². The highest BCUT2D eigenvalue weighted by molar-refractivity contribution is 5.17. The molecule has 3 heteroatoms. The molecule has 1 fully saturated rings. The number of halogens is 2. The molecule has 1 aromatic carbocycles. The standard InChI is InChI=1S/C11H12F2O/c12-9-5-4-8(11(13)6-9)7-14-10-2-1-3-10/h4-6,10H,1-3,7H2. The van der Waals surface area contributed by atoms with Crippen molar-refractivity contribution in [1.29, 1.82) is 0 Å². The Bertz CT molecular complexity index is 321. The van der Waals surface area contributed by atoms with E-state index in [1.165, 1.54) is 18.6 Å². The first-order valence-corrected chi connectivity index (χ1v) is 4.81. The Kier molecular flexibility index (Phi) is 2.77. The fourth-order valence-corrected chi connectivity index (χ4v) is 1.38. The van der Waals surface area contributed by atoms with Crippen LogP contribution in [0.2, 0.25) is 0 Å². The summed E-state index contributed by atoms with van der Waals surface area (Å²) in [5, 5.41) is 0. The van der Waals surface area contributed by atoms with Crippen molar-refractivity contribution < 1.29 is 13.5 Å². The summed E-state index contributed by atoms with van der Waals surface area (Å²) >= 11 is 0. The zero-order valence-electron chi connectivity index (χ0n) is 7.80. The third-order valence-electron chi connectivity index (χ3n) is 2.54. The van der Waals surface area contributed by atoms with Crippen molar-refractivity contribution in [2.24, 2.45) is 0 Å². The minimum Gasteiger partial charge on any atom is -0.373 e. The monoisotopic (exact) mass is 198 g/mol. The molecule has 0 aromatic heterocycles. The Morgan fingerprint density at radius 2 is 2.07 bits per heavy atom. The predicted molar refractivity (Wildman–Crippen MR) is 48.8 cm³/mol. The average Bonchev–Trinajstić information content (AvgIpc) is 2.05. The molecule has 1 aliphatic carbocycles. The van der Waals surface area contributed by atoms with Gasteiger partial charge in [-0.15, -0.1) is 0 Å². The first-order chi connectivity index (χ1) is 6.75. The molecular weight excluding hydrogens is 186 g/mol. The largest absolute Gasteiger partial charge is 0.373 e. The van der Waals surface area contributed by atoms with Gasteiger partial charge in [-0.05, 0) is 25.3 Å². The second-order valence-corrected chi connectivity index (χ2v) is 3.60. The van der Waals surface area contributed by atoms with E-state index in [0.29, 0.717) is 5.56 Å². The lowest BCUT2D eigenvalue weighted by atomic mass is 9.96. The number of hydrogen-bond donors (Lipinski definition) is 0. The van der Waals surface area contributed by atoms with Gasteiger partial charge in [-0.3, -0.25) is 0 Å². The molecule has 0 atom stereocenters. The predicted octanol–water partition coefficient (Wildman–Crippen LogP) is 3.03. The Morgan fingerprint density at radius 1 is 1.29 bits per heavy atom. The summed E-state index contributed by atoms with van der Waals surface area (Å²) in [5.41, 5.74) is 0.429. The van der Waals surface area contributed by atoms with Crippen LogP contribution in [0.4, 0.5) is 8.78 Å². The molecule has 2 rings (SSSR count). The van der Waals surface area contributed by atoms with Crippen molar-refractivity contribution in [3.8, 4) is 0 Å². The summed E-state index contributed by atoms with van der Waals surface area (Å²) in [6, 6.07) is 3.57. The van der Waals surface area contributed by atoms with Gasteiger partial charge >= 0.3 is 0 Å². The molecule has 1 nitrogen and oxygen atoms in total. The van der Waals surface area contributed by atoms with Crippen molar-refractivity contribution in [2.45, 2.75) is 32.0 Å². The van der Waals surface area contributed by atoms with E-state index in [2.05, 4.69) is 0 Å². The third-order valence-corrected chi connectivity index (χ3v) is 2.54. The number of rotatable bonds is 3. The summed E-state index contributed by atoms with van der Waals surface area (Å²) in [4.78, 5) is 0. The molecule has 14 heavy (non-hydrogen) atoms. The molecule has 0 amide bonds. The smallest absolute Gasteiger partial charge is 0.131 e. The van der Waals surface area contributed by atoms with Crippen LogP contribution in [-0.2, 0) is 11.3 Å². The molecule has 0 unspecified atom stereocenters. The molecule has 0 bridgehead atoms. The van der Waals surface area contributed by atoms with Crippen LogP contribution in [0.3, 0.4) is 0 Å². The topological polar surface area (TPSA) is 9.23 Å². The summed E-state index contributed by atoms with van der Waals surface area (Å²) < 4.78 is 31.1. The van der Waals surface area contributed by atoms with E-state index in [9.17, 15) is 8.78 Å². The molecule has 1 saturated carbocycles. The molecule has 0 N–H and O–H groups in total. The lowest BCUT2D eigenvalue weighted by molar-refractivity contribution is -0.00978. The van der Waals surface area contributed by atoms with Gasteiger partial charge in [0.15, 0.2) is 0 Å². The summed E-state index contributed by atoms with van der Waals surface area (Å²) in [6.07, 6.45) is 3.59. The zero-order chi connectivity index (χ0) is 9.97. The van der Waals surface area contributed by atoms with E-state index in [4.69, 9.17) is 4.74 Å². The lowest BCUT2D eigenvalue weighted by Gasteiger charge is -2.25.